The molecule has 0 amide bonds. The average Bonchev–Trinajstić information content (AvgIpc) is 2.20. The first-order valence-corrected chi connectivity index (χ1v) is 5.26. The summed E-state index contributed by atoms with van der Waals surface area (Å²) in [5, 5.41) is 0. The summed E-state index contributed by atoms with van der Waals surface area (Å²) in [6.07, 6.45) is 0. The molecule has 0 aliphatic carbocycles. The highest BCUT2D eigenvalue weighted by Crippen LogP contribution is 2.01. The third-order valence-electron chi connectivity index (χ3n) is 1.56. The third-order valence-corrected chi connectivity index (χ3v) is 1.56. The average molecular weight is 188 g/mol. The van der Waals surface area contributed by atoms with E-state index in [-0.39, 0.29) is 0 Å². The van der Waals surface area contributed by atoms with Crippen molar-refractivity contribution < 1.29 is 0 Å². The Morgan fingerprint density at radius 2 is 1.50 bits per heavy atom. The van der Waals surface area contributed by atoms with Gasteiger partial charge in [0.1, 0.15) is 0 Å². The number of hydrogen-bond donors (Lipinski definition) is 0. The Hall–Kier alpha value is -1.22. The van der Waals surface area contributed by atoms with Gasteiger partial charge in [0.2, 0.25) is 0 Å². The van der Waals surface area contributed by atoms with Gasteiger partial charge in [-0.2, -0.15) is 0 Å². The Balaban J connectivity index is 0.000000791. The van der Waals surface area contributed by atoms with Gasteiger partial charge in [-0.05, 0) is 19.1 Å². The lowest BCUT2D eigenvalue weighted by Crippen LogP contribution is -1.79. The Morgan fingerprint density at radius 3 is 1.93 bits per heavy atom. The molecule has 0 N–H and O–H groups in total. The van der Waals surface area contributed by atoms with Crippen molar-refractivity contribution in [1.29, 1.82) is 0 Å². The molecular formula is C14H20. The molecule has 0 saturated carbocycles. The monoisotopic (exact) mass is 188 g/mol. The lowest BCUT2D eigenvalue weighted by molar-refractivity contribution is 0.866. The second-order valence-electron chi connectivity index (χ2n) is 3.29. The van der Waals surface area contributed by atoms with E-state index in [1.165, 1.54) is 5.56 Å². The van der Waals surface area contributed by atoms with Gasteiger partial charge in [0, 0.05) is 11.5 Å². The van der Waals surface area contributed by atoms with E-state index in [0.29, 0.717) is 5.92 Å². The molecule has 1 rings (SSSR count). The smallest absolute Gasteiger partial charge is 0.0245 e. The molecule has 0 aliphatic heterocycles. The highest BCUT2D eigenvalue weighted by molar-refractivity contribution is 5.35. The molecule has 0 radical (unpaired) electrons. The van der Waals surface area contributed by atoms with Crippen LogP contribution in [-0.2, 0) is 0 Å². The minimum Gasteiger partial charge on any atom is -0.0951 e. The number of hydrogen-bond acceptors (Lipinski definition) is 0. The molecule has 1 aromatic rings. The van der Waals surface area contributed by atoms with Crippen LogP contribution in [0, 0.1) is 24.7 Å². The van der Waals surface area contributed by atoms with Crippen LogP contribution in [0.25, 0.3) is 0 Å². The van der Waals surface area contributed by atoms with Crippen LogP contribution in [0.2, 0.25) is 0 Å². The van der Waals surface area contributed by atoms with Gasteiger partial charge >= 0.3 is 0 Å². The van der Waals surface area contributed by atoms with Gasteiger partial charge < -0.3 is 0 Å². The Bertz CT molecular complexity index is 293. The number of rotatable bonds is 0. The van der Waals surface area contributed by atoms with Crippen molar-refractivity contribution in [2.24, 2.45) is 5.92 Å². The van der Waals surface area contributed by atoms with Crippen LogP contribution in [0.4, 0.5) is 0 Å². The van der Waals surface area contributed by atoms with E-state index in [1.807, 2.05) is 13.8 Å². The third kappa shape index (κ3) is 5.43. The maximum Gasteiger partial charge on any atom is 0.0245 e. The van der Waals surface area contributed by atoms with Gasteiger partial charge in [0.05, 0.1) is 0 Å². The van der Waals surface area contributed by atoms with Gasteiger partial charge in [0.15, 0.2) is 0 Å². The summed E-state index contributed by atoms with van der Waals surface area (Å²) in [4.78, 5) is 0. The Kier molecular flexibility index (Phi) is 6.58. The molecule has 0 fully saturated rings. The van der Waals surface area contributed by atoms with Gasteiger partial charge in [-0.3, -0.25) is 0 Å². The molecular weight excluding hydrogens is 168 g/mol. The second-order valence-corrected chi connectivity index (χ2v) is 3.29. The van der Waals surface area contributed by atoms with Crippen LogP contribution in [0.1, 0.15) is 38.8 Å². The van der Waals surface area contributed by atoms with Crippen molar-refractivity contribution in [1.82, 2.24) is 0 Å². The quantitative estimate of drug-likeness (QED) is 0.539. The standard InChI is InChI=1S/C12H14.C2H6/c1-10(2)4-7-12-8-5-11(3)6-9-12;1-2/h5-6,8-10H,1-3H3;1-2H3. The van der Waals surface area contributed by atoms with Crippen LogP contribution in [0.3, 0.4) is 0 Å². The van der Waals surface area contributed by atoms with Crippen molar-refractivity contribution in [3.63, 3.8) is 0 Å². The highest BCUT2D eigenvalue weighted by Gasteiger charge is 1.86. The normalized spacial score (nSPS) is 8.43. The summed E-state index contributed by atoms with van der Waals surface area (Å²) in [6, 6.07) is 8.30. The van der Waals surface area contributed by atoms with Gasteiger partial charge in [-0.15, -0.1) is 0 Å². The van der Waals surface area contributed by atoms with E-state index in [1.54, 1.807) is 0 Å². The summed E-state index contributed by atoms with van der Waals surface area (Å²) >= 11 is 0. The fraction of sp³-hybridized carbons (Fsp3) is 0.429. The topological polar surface area (TPSA) is 0 Å². The van der Waals surface area contributed by atoms with Crippen LogP contribution >= 0.6 is 0 Å². The molecule has 0 nitrogen and oxygen atoms in total. The largest absolute Gasteiger partial charge is 0.0951 e. The molecule has 0 aliphatic rings. The van der Waals surface area contributed by atoms with Crippen molar-refractivity contribution in [3.8, 4) is 11.8 Å². The van der Waals surface area contributed by atoms with Crippen molar-refractivity contribution in [2.45, 2.75) is 34.6 Å². The summed E-state index contributed by atoms with van der Waals surface area (Å²) in [5.41, 5.74) is 2.39. The molecule has 14 heavy (non-hydrogen) atoms. The van der Waals surface area contributed by atoms with E-state index in [2.05, 4.69) is 56.9 Å². The van der Waals surface area contributed by atoms with Crippen LogP contribution in [0.5, 0.6) is 0 Å². The Morgan fingerprint density at radius 1 is 1.00 bits per heavy atom. The fourth-order valence-corrected chi connectivity index (χ4v) is 0.865. The predicted molar refractivity (Wildman–Crippen MR) is 64.2 cm³/mol. The predicted octanol–water partition coefficient (Wildman–Crippen LogP) is 4.03. The van der Waals surface area contributed by atoms with Gasteiger partial charge in [-0.25, -0.2) is 0 Å². The SMILES string of the molecule is CC.Cc1ccc(C#CC(C)C)cc1. The molecule has 0 saturated heterocycles. The molecule has 0 heterocycles. The minimum absolute atomic E-state index is 0.450. The highest BCUT2D eigenvalue weighted by atomic mass is 13.9. The number of aryl methyl sites for hydroxylation is 1. The maximum atomic E-state index is 3.13. The summed E-state index contributed by atoms with van der Waals surface area (Å²) in [5.74, 6) is 6.70. The summed E-state index contributed by atoms with van der Waals surface area (Å²) in [7, 11) is 0. The van der Waals surface area contributed by atoms with Gasteiger partial charge in [0.25, 0.3) is 0 Å². The van der Waals surface area contributed by atoms with Crippen LogP contribution in [0.15, 0.2) is 24.3 Å². The minimum atomic E-state index is 0.450. The Labute approximate surface area is 88.4 Å². The first-order valence-electron chi connectivity index (χ1n) is 5.26. The first kappa shape index (κ1) is 12.8. The van der Waals surface area contributed by atoms with Crippen LogP contribution < -0.4 is 0 Å². The molecule has 0 unspecified atom stereocenters. The maximum absolute atomic E-state index is 3.13. The fourth-order valence-electron chi connectivity index (χ4n) is 0.865. The van der Waals surface area contributed by atoms with Crippen molar-refractivity contribution in [3.05, 3.63) is 35.4 Å². The number of benzene rings is 1. The summed E-state index contributed by atoms with van der Waals surface area (Å²) in [6.45, 7) is 10.3. The first-order chi connectivity index (χ1) is 6.68. The van der Waals surface area contributed by atoms with Crippen molar-refractivity contribution in [2.75, 3.05) is 0 Å². The molecule has 1 aromatic carbocycles. The summed E-state index contributed by atoms with van der Waals surface area (Å²) < 4.78 is 0. The van der Waals surface area contributed by atoms with E-state index >= 15 is 0 Å². The van der Waals surface area contributed by atoms with E-state index in [4.69, 9.17) is 0 Å². The van der Waals surface area contributed by atoms with E-state index in [9.17, 15) is 0 Å². The second kappa shape index (κ2) is 7.21. The zero-order valence-electron chi connectivity index (χ0n) is 9.89. The molecule has 0 heteroatoms. The van der Waals surface area contributed by atoms with E-state index in [0.717, 1.165) is 5.56 Å². The molecule has 0 aromatic heterocycles. The molecule has 0 bridgehead atoms. The lowest BCUT2D eigenvalue weighted by Gasteiger charge is -1.92. The zero-order chi connectivity index (χ0) is 11.0. The molecule has 76 valence electrons. The molecule has 0 atom stereocenters. The van der Waals surface area contributed by atoms with Crippen LogP contribution in [-0.4, -0.2) is 0 Å². The van der Waals surface area contributed by atoms with Gasteiger partial charge in [-0.1, -0.05) is 57.2 Å². The lowest BCUT2D eigenvalue weighted by atomic mass is 10.1. The molecule has 0 spiro atoms. The van der Waals surface area contributed by atoms with Crippen molar-refractivity contribution >= 4 is 0 Å². The zero-order valence-corrected chi connectivity index (χ0v) is 9.89. The van der Waals surface area contributed by atoms with E-state index < -0.39 is 0 Å².